The van der Waals surface area contributed by atoms with Crippen LogP contribution in [0.25, 0.3) is 33.2 Å². The summed E-state index contributed by atoms with van der Waals surface area (Å²) >= 11 is 0. The van der Waals surface area contributed by atoms with E-state index in [0.717, 1.165) is 52.5 Å². The van der Waals surface area contributed by atoms with Gasteiger partial charge in [-0.2, -0.15) is 0 Å². The van der Waals surface area contributed by atoms with Gasteiger partial charge in [0.25, 0.3) is 5.91 Å². The average Bonchev–Trinajstić information content (AvgIpc) is 4.04. The number of aromatic nitrogens is 6. The van der Waals surface area contributed by atoms with Crippen LogP contribution in [0.5, 0.6) is 0 Å². The van der Waals surface area contributed by atoms with E-state index in [1.165, 1.54) is 20.4 Å². The Morgan fingerprint density at radius 2 is 1.23 bits per heavy atom. The Hall–Kier alpha value is -6.33. The molecule has 4 aromatic heterocycles. The summed E-state index contributed by atoms with van der Waals surface area (Å²) in [5, 5.41) is 9.97. The molecule has 18 nitrogen and oxygen atoms in total. The van der Waals surface area contributed by atoms with Gasteiger partial charge < -0.3 is 55.2 Å². The summed E-state index contributed by atoms with van der Waals surface area (Å²) in [6, 6.07) is 5.67. The van der Waals surface area contributed by atoms with Crippen molar-refractivity contribution in [2.45, 2.75) is 77.5 Å². The first-order valence-corrected chi connectivity index (χ1v) is 19.2. The van der Waals surface area contributed by atoms with Crippen molar-refractivity contribution in [2.24, 2.45) is 11.8 Å². The van der Waals surface area contributed by atoms with Crippen LogP contribution in [0.1, 0.15) is 87.6 Å². The van der Waals surface area contributed by atoms with Crippen molar-refractivity contribution < 1.29 is 33.4 Å². The largest absolute Gasteiger partial charge is 0.453 e. The smallest absolute Gasteiger partial charge is 0.407 e. The number of ether oxygens (including phenoxy) is 2. The Balaban J connectivity index is 1.02. The van der Waals surface area contributed by atoms with E-state index in [2.05, 4.69) is 45.9 Å². The quantitative estimate of drug-likeness (QED) is 0.0942. The Bertz CT molecular complexity index is 2250. The number of carbonyl (C=O) groups excluding carboxylic acids is 5. The van der Waals surface area contributed by atoms with Gasteiger partial charge in [0.2, 0.25) is 11.8 Å². The van der Waals surface area contributed by atoms with Crippen molar-refractivity contribution in [1.82, 2.24) is 50.3 Å². The van der Waals surface area contributed by atoms with Gasteiger partial charge >= 0.3 is 12.2 Å². The first-order chi connectivity index (χ1) is 27.3. The summed E-state index contributed by atoms with van der Waals surface area (Å²) in [6.07, 6.45) is 4.98. The Morgan fingerprint density at radius 3 is 1.81 bits per heavy atom. The number of amides is 5. The molecule has 7 N–H and O–H groups in total. The van der Waals surface area contributed by atoms with E-state index in [4.69, 9.17) is 9.47 Å². The zero-order chi connectivity index (χ0) is 40.5. The number of alkyl carbamates (subject to hydrolysis) is 2. The van der Waals surface area contributed by atoms with E-state index < -0.39 is 24.3 Å². The van der Waals surface area contributed by atoms with Gasteiger partial charge in [0.1, 0.15) is 35.2 Å². The van der Waals surface area contributed by atoms with Crippen molar-refractivity contribution in [1.29, 1.82) is 0 Å². The summed E-state index contributed by atoms with van der Waals surface area (Å²) in [6.45, 7) is 8.56. The van der Waals surface area contributed by atoms with Crippen molar-refractivity contribution in [2.75, 3.05) is 32.6 Å². The molecule has 0 spiro atoms. The highest BCUT2D eigenvalue weighted by Gasteiger charge is 2.39. The molecule has 5 amide bonds. The lowest BCUT2D eigenvalue weighted by atomic mass is 10.0. The number of benzene rings is 1. The first kappa shape index (κ1) is 38.9. The lowest BCUT2D eigenvalue weighted by Crippen LogP contribution is -2.51. The topological polar surface area (TPSA) is 235 Å². The molecular weight excluding hydrogens is 734 g/mol. The average molecular weight is 784 g/mol. The number of hydrogen-bond donors (Lipinski definition) is 7. The second-order valence-electron chi connectivity index (χ2n) is 15.3. The maximum absolute atomic E-state index is 13.6. The van der Waals surface area contributed by atoms with Gasteiger partial charge in [-0.1, -0.05) is 27.7 Å². The fourth-order valence-corrected chi connectivity index (χ4v) is 7.82. The fourth-order valence-electron chi connectivity index (χ4n) is 7.82. The number of H-pyrrole nitrogens is 4. The number of hydrogen-bond acceptors (Lipinski definition) is 9. The maximum Gasteiger partial charge on any atom is 0.407 e. The molecule has 0 aliphatic carbocycles. The lowest BCUT2D eigenvalue weighted by molar-refractivity contribution is -0.136. The molecule has 2 aliphatic rings. The van der Waals surface area contributed by atoms with Crippen molar-refractivity contribution in [3.8, 4) is 11.4 Å². The molecule has 57 heavy (non-hydrogen) atoms. The standard InChI is InChI=1S/C39H49N11O7/c1-19(2)31(47-38(54)56-5)36(52)49-11-7-9-28(49)33-40-17-27(44-33)25-14-21-13-22-15-26(43-24(22)16-23(21)42-25)35(51)46-30-18-41-34(45-30)29-10-8-12-50(29)37(53)32(20(3)4)48-39(55)57-6/h13-20,28-29,31-32,42-43H,7-12H2,1-6H3,(H,40,44)(H,41,45)(H,46,51)(H,47,54)(H,48,55)/t28?,29?,31?,32-/m0/s1. The van der Waals surface area contributed by atoms with E-state index in [9.17, 15) is 24.0 Å². The minimum Gasteiger partial charge on any atom is -0.453 e. The van der Waals surface area contributed by atoms with E-state index >= 15 is 0 Å². The normalized spacial score (nSPS) is 18.0. The molecule has 0 saturated carbocycles. The number of nitrogens with one attached hydrogen (secondary N) is 7. The molecule has 4 atom stereocenters. The van der Waals surface area contributed by atoms with Gasteiger partial charge in [-0.15, -0.1) is 0 Å². The van der Waals surface area contributed by atoms with Crippen LogP contribution in [0.15, 0.2) is 36.7 Å². The maximum atomic E-state index is 13.6. The van der Waals surface area contributed by atoms with Gasteiger partial charge in [-0.3, -0.25) is 14.4 Å². The number of methoxy groups -OCH3 is 2. The number of fused-ring (bicyclic) bond motifs is 2. The van der Waals surface area contributed by atoms with Gasteiger partial charge in [0.05, 0.1) is 50.1 Å². The molecule has 3 unspecified atom stereocenters. The van der Waals surface area contributed by atoms with Crippen LogP contribution in [-0.4, -0.2) is 109 Å². The summed E-state index contributed by atoms with van der Waals surface area (Å²) in [7, 11) is 2.53. The molecule has 302 valence electrons. The molecule has 7 rings (SSSR count). The number of nitrogens with zero attached hydrogens (tertiary/aromatic N) is 4. The molecule has 2 fully saturated rings. The van der Waals surface area contributed by atoms with Crippen LogP contribution in [0.4, 0.5) is 15.4 Å². The van der Waals surface area contributed by atoms with Crippen molar-refractivity contribution in [3.63, 3.8) is 0 Å². The molecular formula is C39H49N11O7. The highest BCUT2D eigenvalue weighted by Crippen LogP contribution is 2.35. The summed E-state index contributed by atoms with van der Waals surface area (Å²) in [4.78, 5) is 90.2. The van der Waals surface area contributed by atoms with Crippen LogP contribution in [0.3, 0.4) is 0 Å². The van der Waals surface area contributed by atoms with Crippen molar-refractivity contribution >= 4 is 57.5 Å². The molecule has 2 saturated heterocycles. The van der Waals surface area contributed by atoms with Gasteiger partial charge in [0.15, 0.2) is 0 Å². The number of carbonyl (C=O) groups is 5. The van der Waals surface area contributed by atoms with Crippen LogP contribution in [0.2, 0.25) is 0 Å². The summed E-state index contributed by atoms with van der Waals surface area (Å²) < 4.78 is 9.47. The highest BCUT2D eigenvalue weighted by molar-refractivity contribution is 6.07. The van der Waals surface area contributed by atoms with Gasteiger partial charge in [-0.05, 0) is 61.8 Å². The Morgan fingerprint density at radius 1 is 0.684 bits per heavy atom. The highest BCUT2D eigenvalue weighted by atomic mass is 16.5. The fraction of sp³-hybridized carbons (Fsp3) is 0.462. The lowest BCUT2D eigenvalue weighted by Gasteiger charge is -2.30. The minimum atomic E-state index is -0.749. The molecule has 6 heterocycles. The first-order valence-electron chi connectivity index (χ1n) is 19.2. The predicted molar refractivity (Wildman–Crippen MR) is 210 cm³/mol. The molecule has 18 heteroatoms. The second kappa shape index (κ2) is 16.0. The number of imidazole rings is 2. The zero-order valence-electron chi connectivity index (χ0n) is 32.8. The molecule has 1 aromatic carbocycles. The molecule has 0 radical (unpaired) electrons. The summed E-state index contributed by atoms with van der Waals surface area (Å²) in [5.41, 5.74) is 3.55. The number of aromatic amines is 4. The van der Waals surface area contributed by atoms with E-state index in [1.807, 2.05) is 45.9 Å². The second-order valence-corrected chi connectivity index (χ2v) is 15.3. The van der Waals surface area contributed by atoms with Crippen molar-refractivity contribution in [3.05, 3.63) is 54.0 Å². The third kappa shape index (κ3) is 7.88. The number of anilines is 1. The van der Waals surface area contributed by atoms with E-state index in [-0.39, 0.29) is 41.6 Å². The predicted octanol–water partition coefficient (Wildman–Crippen LogP) is 5.10. The van der Waals surface area contributed by atoms with Crippen LogP contribution in [-0.2, 0) is 19.1 Å². The van der Waals surface area contributed by atoms with Gasteiger partial charge in [-0.25, -0.2) is 19.6 Å². The van der Waals surface area contributed by atoms with Gasteiger partial charge in [0, 0.05) is 34.9 Å². The third-order valence-corrected chi connectivity index (χ3v) is 10.8. The Kier molecular flexibility index (Phi) is 10.9. The van der Waals surface area contributed by atoms with E-state index in [0.29, 0.717) is 42.7 Å². The molecule has 2 aliphatic heterocycles. The number of likely N-dealkylation sites (tertiary alicyclic amines) is 2. The minimum absolute atomic E-state index is 0.131. The number of rotatable bonds is 11. The molecule has 5 aromatic rings. The third-order valence-electron chi connectivity index (χ3n) is 10.8. The zero-order valence-corrected chi connectivity index (χ0v) is 32.8. The SMILES string of the molecule is COC(=O)NC(C(=O)N1CCCC1c1ncc(-c2cc3cc4cc(C(=O)Nc5cnc(C6CCCN6C(=O)[C@@H](NC(=O)OC)C(C)C)[nH]5)[nH]c4cc3[nH]2)[nH]1)C(C)C. The Labute approximate surface area is 328 Å². The monoisotopic (exact) mass is 783 g/mol. The van der Waals surface area contributed by atoms with Crippen LogP contribution >= 0.6 is 0 Å². The molecule has 0 bridgehead atoms. The summed E-state index contributed by atoms with van der Waals surface area (Å²) in [5.74, 6) is 0.568. The van der Waals surface area contributed by atoms with Crippen LogP contribution < -0.4 is 16.0 Å². The van der Waals surface area contributed by atoms with Crippen LogP contribution in [0, 0.1) is 11.8 Å². The van der Waals surface area contributed by atoms with E-state index in [1.54, 1.807) is 22.1 Å².